The SMILES string of the molecule is Cc1cc(C)c(-c2cc(C(F)(F)F)c(F)c([C@H](CC(=O)O)NC(=O)C(CC(C)C)n3cc(CCCN4CCC4)c(C(F)(F)F)cc3=O)c2F)c(F)c1. The molecule has 0 radical (unpaired) electrons. The molecule has 2 heterocycles. The second-order valence-corrected chi connectivity index (χ2v) is 13.5. The second-order valence-electron chi connectivity index (χ2n) is 13.5. The molecule has 1 unspecified atom stereocenters. The first-order chi connectivity index (χ1) is 24.1. The summed E-state index contributed by atoms with van der Waals surface area (Å²) in [5.74, 6) is -8.75. The second kappa shape index (κ2) is 15.7. The van der Waals surface area contributed by atoms with E-state index in [-0.39, 0.29) is 36.5 Å². The molecule has 1 saturated heterocycles. The number of amides is 1. The molecule has 284 valence electrons. The fourth-order valence-electron chi connectivity index (χ4n) is 6.47. The quantitative estimate of drug-likeness (QED) is 0.172. The van der Waals surface area contributed by atoms with Crippen LogP contribution in [0.5, 0.6) is 0 Å². The van der Waals surface area contributed by atoms with Gasteiger partial charge in [-0.1, -0.05) is 19.9 Å². The third-order valence-corrected chi connectivity index (χ3v) is 8.96. The number of likely N-dealkylation sites (tertiary alicyclic amines) is 1. The monoisotopic (exact) mass is 747 g/mol. The summed E-state index contributed by atoms with van der Waals surface area (Å²) in [5.41, 5.74) is -7.80. The molecule has 1 aliphatic heterocycles. The van der Waals surface area contributed by atoms with Gasteiger partial charge in [-0.2, -0.15) is 26.3 Å². The molecule has 1 aromatic heterocycles. The molecule has 0 bridgehead atoms. The number of carboxylic acids is 1. The molecule has 4 rings (SSSR count). The maximum absolute atomic E-state index is 16.3. The Labute approximate surface area is 293 Å². The fraction of sp³-hybridized carbons (Fsp3) is 0.472. The summed E-state index contributed by atoms with van der Waals surface area (Å²) in [4.78, 5) is 41.1. The Balaban J connectivity index is 1.86. The average molecular weight is 748 g/mol. The predicted octanol–water partition coefficient (Wildman–Crippen LogP) is 8.14. The number of carbonyl (C=O) groups is 2. The van der Waals surface area contributed by atoms with Crippen LogP contribution in [0.1, 0.15) is 85.0 Å². The van der Waals surface area contributed by atoms with Gasteiger partial charge in [0.05, 0.1) is 23.6 Å². The highest BCUT2D eigenvalue weighted by Gasteiger charge is 2.41. The van der Waals surface area contributed by atoms with Gasteiger partial charge in [0.25, 0.3) is 5.56 Å². The minimum absolute atomic E-state index is 0.0275. The normalized spacial score (nSPS) is 15.0. The van der Waals surface area contributed by atoms with Gasteiger partial charge >= 0.3 is 18.3 Å². The zero-order valence-corrected chi connectivity index (χ0v) is 28.7. The maximum Gasteiger partial charge on any atom is 0.419 e. The predicted molar refractivity (Wildman–Crippen MR) is 173 cm³/mol. The molecule has 1 aliphatic rings. The number of halogens is 9. The first-order valence-corrected chi connectivity index (χ1v) is 16.5. The van der Waals surface area contributed by atoms with E-state index < -0.39 is 99.5 Å². The Bertz CT molecular complexity index is 1860. The van der Waals surface area contributed by atoms with Crippen molar-refractivity contribution in [2.45, 2.75) is 84.2 Å². The summed E-state index contributed by atoms with van der Waals surface area (Å²) in [6.45, 7) is 7.98. The van der Waals surface area contributed by atoms with E-state index in [0.717, 1.165) is 31.8 Å². The van der Waals surface area contributed by atoms with E-state index in [1.54, 1.807) is 13.8 Å². The minimum Gasteiger partial charge on any atom is -0.481 e. The number of hydrogen-bond donors (Lipinski definition) is 2. The number of rotatable bonds is 13. The summed E-state index contributed by atoms with van der Waals surface area (Å²) in [6.07, 6.45) is -10.1. The molecule has 2 aromatic carbocycles. The van der Waals surface area contributed by atoms with E-state index in [4.69, 9.17) is 0 Å². The Hall–Kier alpha value is -4.34. The van der Waals surface area contributed by atoms with Crippen LogP contribution >= 0.6 is 0 Å². The average Bonchev–Trinajstić information content (AvgIpc) is 2.96. The van der Waals surface area contributed by atoms with Crippen LogP contribution in [0, 0.1) is 37.2 Å². The van der Waals surface area contributed by atoms with Crippen LogP contribution in [-0.4, -0.2) is 46.1 Å². The summed E-state index contributed by atoms with van der Waals surface area (Å²) < 4.78 is 133. The van der Waals surface area contributed by atoms with Crippen molar-refractivity contribution in [3.63, 3.8) is 0 Å². The highest BCUT2D eigenvalue weighted by molar-refractivity contribution is 5.82. The number of aryl methyl sites for hydroxylation is 3. The number of carboxylic acid groups (broad SMARTS) is 1. The van der Waals surface area contributed by atoms with Crippen LogP contribution in [0.3, 0.4) is 0 Å². The molecule has 16 heteroatoms. The zero-order valence-electron chi connectivity index (χ0n) is 28.7. The molecule has 0 saturated carbocycles. The molecular weight excluding hydrogens is 709 g/mol. The van der Waals surface area contributed by atoms with Crippen LogP contribution < -0.4 is 10.9 Å². The highest BCUT2D eigenvalue weighted by Crippen LogP contribution is 2.42. The summed E-state index contributed by atoms with van der Waals surface area (Å²) in [7, 11) is 0. The maximum atomic E-state index is 16.3. The fourth-order valence-corrected chi connectivity index (χ4v) is 6.47. The van der Waals surface area contributed by atoms with Crippen molar-refractivity contribution in [2.75, 3.05) is 19.6 Å². The van der Waals surface area contributed by atoms with Crippen molar-refractivity contribution in [1.82, 2.24) is 14.8 Å². The smallest absolute Gasteiger partial charge is 0.419 e. The number of nitrogens with one attached hydrogen (secondary N) is 1. The Morgan fingerprint density at radius 2 is 1.56 bits per heavy atom. The summed E-state index contributed by atoms with van der Waals surface area (Å²) in [6, 6.07) is -1.41. The third kappa shape index (κ3) is 9.17. The standard InChI is InChI=1S/C36H38F9N3O4/c1-18(2)11-27(48-17-21(7-5-8-47-9-6-10-47)23(15-28(48)49)35(40,41)42)34(52)46-26(16-29(50)51)31-32(38)22(14-24(33(31)39)36(43,44)45)30-20(4)12-19(3)13-25(30)37/h12-15,17-18,26-27H,5-11,16H2,1-4H3,(H,46,52)(H,50,51)/t26-,27?/m0/s1. The molecule has 2 atom stereocenters. The van der Waals surface area contributed by atoms with Crippen molar-refractivity contribution in [3.8, 4) is 11.1 Å². The number of benzene rings is 2. The van der Waals surface area contributed by atoms with Gasteiger partial charge in [-0.05, 0) is 93.9 Å². The van der Waals surface area contributed by atoms with Gasteiger partial charge in [0.2, 0.25) is 5.91 Å². The van der Waals surface area contributed by atoms with Gasteiger partial charge in [0.1, 0.15) is 23.5 Å². The van der Waals surface area contributed by atoms with Crippen LogP contribution in [-0.2, 0) is 28.4 Å². The number of carbonyl (C=O) groups excluding carboxylic acids is 1. The number of aliphatic carboxylic acids is 1. The molecule has 0 aliphatic carbocycles. The number of pyridine rings is 1. The lowest BCUT2D eigenvalue weighted by molar-refractivity contribution is -0.140. The largest absolute Gasteiger partial charge is 0.481 e. The first-order valence-electron chi connectivity index (χ1n) is 16.5. The van der Waals surface area contributed by atoms with E-state index >= 15 is 13.2 Å². The van der Waals surface area contributed by atoms with Crippen LogP contribution in [0.2, 0.25) is 0 Å². The number of aromatic nitrogens is 1. The van der Waals surface area contributed by atoms with Crippen molar-refractivity contribution >= 4 is 11.9 Å². The molecule has 0 spiro atoms. The number of nitrogens with zero attached hydrogens (tertiary/aromatic N) is 2. The summed E-state index contributed by atoms with van der Waals surface area (Å²) >= 11 is 0. The number of hydrogen-bond acceptors (Lipinski definition) is 4. The zero-order chi connectivity index (χ0) is 38.9. The van der Waals surface area contributed by atoms with E-state index in [1.165, 1.54) is 19.9 Å². The molecule has 3 aromatic rings. The van der Waals surface area contributed by atoms with Gasteiger partial charge in [-0.3, -0.25) is 14.4 Å². The molecule has 7 nitrogen and oxygen atoms in total. The van der Waals surface area contributed by atoms with Gasteiger partial charge < -0.3 is 19.9 Å². The molecule has 1 fully saturated rings. The summed E-state index contributed by atoms with van der Waals surface area (Å²) in [5, 5.41) is 11.7. The van der Waals surface area contributed by atoms with Crippen LogP contribution in [0.25, 0.3) is 11.1 Å². The van der Waals surface area contributed by atoms with Crippen molar-refractivity contribution in [2.24, 2.45) is 5.92 Å². The van der Waals surface area contributed by atoms with Gasteiger partial charge in [0, 0.05) is 29.0 Å². The highest BCUT2D eigenvalue weighted by atomic mass is 19.4. The Morgan fingerprint density at radius 1 is 0.923 bits per heavy atom. The first kappa shape index (κ1) is 40.4. The topological polar surface area (TPSA) is 91.6 Å². The molecule has 52 heavy (non-hydrogen) atoms. The third-order valence-electron chi connectivity index (χ3n) is 8.96. The van der Waals surface area contributed by atoms with Crippen molar-refractivity contribution in [1.29, 1.82) is 0 Å². The molecule has 2 N–H and O–H groups in total. The Kier molecular flexibility index (Phi) is 12.2. The van der Waals surface area contributed by atoms with Crippen LogP contribution in [0.15, 0.2) is 35.3 Å². The lowest BCUT2D eigenvalue weighted by atomic mass is 9.90. The van der Waals surface area contributed by atoms with Crippen molar-refractivity contribution in [3.05, 3.63) is 91.6 Å². The van der Waals surface area contributed by atoms with E-state index in [9.17, 15) is 45.8 Å². The molecule has 1 amide bonds. The van der Waals surface area contributed by atoms with Gasteiger partial charge in [0.15, 0.2) is 0 Å². The van der Waals surface area contributed by atoms with E-state index in [1.807, 2.05) is 4.90 Å². The van der Waals surface area contributed by atoms with E-state index in [2.05, 4.69) is 5.32 Å². The van der Waals surface area contributed by atoms with Crippen LogP contribution in [0.4, 0.5) is 39.5 Å². The minimum atomic E-state index is -5.49. The Morgan fingerprint density at radius 3 is 2.08 bits per heavy atom. The number of alkyl halides is 6. The van der Waals surface area contributed by atoms with Gasteiger partial charge in [-0.15, -0.1) is 0 Å². The molecular formula is C36H38F9N3O4. The lowest BCUT2D eigenvalue weighted by Crippen LogP contribution is -2.41. The van der Waals surface area contributed by atoms with Gasteiger partial charge in [-0.25, -0.2) is 13.2 Å². The van der Waals surface area contributed by atoms with Crippen molar-refractivity contribution < 1.29 is 54.2 Å². The lowest BCUT2D eigenvalue weighted by Gasteiger charge is -2.30. The van der Waals surface area contributed by atoms with E-state index in [0.29, 0.717) is 22.7 Å².